The molecule has 2 aromatic carbocycles. The summed E-state index contributed by atoms with van der Waals surface area (Å²) in [5.74, 6) is -1.08. The summed E-state index contributed by atoms with van der Waals surface area (Å²) in [7, 11) is -5.28. The molecule has 2 heterocycles. The molecule has 2 fully saturated rings. The summed E-state index contributed by atoms with van der Waals surface area (Å²) < 4.78 is 36.2. The van der Waals surface area contributed by atoms with E-state index >= 15 is 0 Å². The first-order chi connectivity index (χ1) is 22.5. The number of carbonyl (C=O) groups is 1. The van der Waals surface area contributed by atoms with Crippen molar-refractivity contribution in [3.8, 4) is 0 Å². The summed E-state index contributed by atoms with van der Waals surface area (Å²) in [6.45, 7) is 0.0804. The van der Waals surface area contributed by atoms with Gasteiger partial charge in [0.2, 0.25) is 6.29 Å². The molecule has 1 aliphatic heterocycles. The molecular weight excluding hydrogens is 725 g/mol. The predicted molar refractivity (Wildman–Crippen MR) is 172 cm³/mol. The number of aliphatic hydroxyl groups is 1. The molecule has 0 amide bonds. The summed E-state index contributed by atoms with van der Waals surface area (Å²) in [6.07, 6.45) is -1.93. The summed E-state index contributed by atoms with van der Waals surface area (Å²) in [6, 6.07) is 16.9. The molecule has 3 aromatic rings. The van der Waals surface area contributed by atoms with E-state index in [1.807, 2.05) is 30.3 Å². The zero-order valence-electron chi connectivity index (χ0n) is 24.7. The average Bonchev–Trinajstić information content (AvgIpc) is 3.68. The van der Waals surface area contributed by atoms with Gasteiger partial charge in [0.15, 0.2) is 5.54 Å². The Bertz CT molecular complexity index is 1720. The highest BCUT2D eigenvalue weighted by molar-refractivity contribution is 9.11. The Hall–Kier alpha value is -3.27. The minimum atomic E-state index is -5.28. The topological polar surface area (TPSA) is 179 Å². The van der Waals surface area contributed by atoms with Crippen molar-refractivity contribution in [2.75, 3.05) is 5.06 Å². The van der Waals surface area contributed by atoms with Gasteiger partial charge in [0, 0.05) is 28.7 Å². The van der Waals surface area contributed by atoms with Crippen molar-refractivity contribution in [1.82, 2.24) is 9.55 Å². The van der Waals surface area contributed by atoms with E-state index in [4.69, 9.17) is 35.0 Å². The fourth-order valence-corrected chi connectivity index (χ4v) is 6.65. The van der Waals surface area contributed by atoms with Gasteiger partial charge in [-0.15, -0.1) is 0 Å². The monoisotopic (exact) mass is 755 g/mol. The number of aliphatic hydroxyl groups excluding tert-OH is 1. The van der Waals surface area contributed by atoms with E-state index in [1.165, 1.54) is 16.2 Å². The maximum Gasteiger partial charge on any atom is 0.532 e. The largest absolute Gasteiger partial charge is 0.532 e. The second kappa shape index (κ2) is 15.3. The lowest BCUT2D eigenvalue weighted by atomic mass is 9.96. The Balaban J connectivity index is 1.37. The van der Waals surface area contributed by atoms with Crippen LogP contribution in [0.15, 0.2) is 87.7 Å². The van der Waals surface area contributed by atoms with Crippen LogP contribution in [0.5, 0.6) is 0 Å². The van der Waals surface area contributed by atoms with Crippen LogP contribution in [-0.2, 0) is 39.3 Å². The van der Waals surface area contributed by atoms with Crippen molar-refractivity contribution in [2.45, 2.75) is 69.0 Å². The SMILES string of the molecule is O=C(OP(=O)(O)O[C@H](O/C=C/Br)[C@H]1O[C@@H](n2ccc(=O)[nH]c2=O)C[C@@H]1O)C1(N(OCc2ccccc2)c2ccc(Cl)cc2)CCCC1. The Kier molecular flexibility index (Phi) is 11.4. The first kappa shape index (κ1) is 35.0. The van der Waals surface area contributed by atoms with Crippen LogP contribution in [0.3, 0.4) is 0 Å². The van der Waals surface area contributed by atoms with Crippen LogP contribution in [0.1, 0.15) is 43.9 Å². The van der Waals surface area contributed by atoms with E-state index in [0.29, 0.717) is 23.6 Å². The van der Waals surface area contributed by atoms with Gasteiger partial charge in [-0.05, 0) is 42.7 Å². The number of aromatic nitrogens is 2. The van der Waals surface area contributed by atoms with Gasteiger partial charge in [0.1, 0.15) is 12.3 Å². The molecule has 5 rings (SSSR count). The van der Waals surface area contributed by atoms with E-state index in [-0.39, 0.29) is 25.9 Å². The smallest absolute Gasteiger partial charge is 0.468 e. The normalized spacial score (nSPS) is 22.5. The van der Waals surface area contributed by atoms with Gasteiger partial charge < -0.3 is 19.1 Å². The molecular formula is C30H32BrClN3O11P. The highest BCUT2D eigenvalue weighted by Crippen LogP contribution is 2.50. The zero-order valence-corrected chi connectivity index (χ0v) is 28.0. The second-order valence-corrected chi connectivity index (χ2v) is 13.2. The highest BCUT2D eigenvalue weighted by Gasteiger charge is 2.53. The standard InChI is InChI=1S/C30H32BrClN3O11P/c31-15-17-42-27(26-23(36)18-25(44-26)34-16-12-24(37)33-29(34)39)45-47(40,41)46-28(38)30(13-4-5-14-30)35(22-10-8-21(32)9-11-22)43-19-20-6-2-1-3-7-20/h1-3,6-12,15-17,23,25-27,36H,4-5,13-14,18-19H2,(H,40,41)(H,33,37,39)/b17-15+/t23-,25+,26-,27-/m0/s1. The van der Waals surface area contributed by atoms with Crippen LogP contribution in [0.2, 0.25) is 5.02 Å². The number of phosphoric acid groups is 1. The minimum absolute atomic E-state index is 0.0804. The fourth-order valence-electron chi connectivity index (χ4n) is 5.54. The molecule has 17 heteroatoms. The number of H-pyrrole nitrogens is 1. The number of rotatable bonds is 13. The number of benzene rings is 2. The van der Waals surface area contributed by atoms with Crippen molar-refractivity contribution in [1.29, 1.82) is 0 Å². The van der Waals surface area contributed by atoms with E-state index in [9.17, 15) is 28.9 Å². The number of halogens is 2. The van der Waals surface area contributed by atoms with Gasteiger partial charge in [-0.25, -0.2) is 23.7 Å². The molecule has 0 bridgehead atoms. The quantitative estimate of drug-likeness (QED) is 0.0953. The molecule has 0 spiro atoms. The molecule has 1 aromatic heterocycles. The molecule has 47 heavy (non-hydrogen) atoms. The zero-order chi connectivity index (χ0) is 33.6. The van der Waals surface area contributed by atoms with Crippen molar-refractivity contribution in [2.24, 2.45) is 0 Å². The molecule has 5 atom stereocenters. The number of anilines is 1. The molecule has 14 nitrogen and oxygen atoms in total. The minimum Gasteiger partial charge on any atom is -0.468 e. The molecule has 252 valence electrons. The molecule has 1 saturated heterocycles. The summed E-state index contributed by atoms with van der Waals surface area (Å²) >= 11 is 9.15. The Morgan fingerprint density at radius 1 is 1.17 bits per heavy atom. The third-order valence-electron chi connectivity index (χ3n) is 7.73. The van der Waals surface area contributed by atoms with Gasteiger partial charge in [-0.3, -0.25) is 24.1 Å². The van der Waals surface area contributed by atoms with Crippen molar-refractivity contribution in [3.63, 3.8) is 0 Å². The number of hydrogen-bond donors (Lipinski definition) is 3. The van der Waals surface area contributed by atoms with Crippen molar-refractivity contribution < 1.29 is 42.7 Å². The number of carbonyl (C=O) groups excluding carboxylic acids is 1. The molecule has 3 N–H and O–H groups in total. The number of ether oxygens (including phenoxy) is 2. The second-order valence-electron chi connectivity index (χ2n) is 10.9. The van der Waals surface area contributed by atoms with Crippen molar-refractivity contribution >= 4 is 47.0 Å². The molecule has 1 aliphatic carbocycles. The van der Waals surface area contributed by atoms with Gasteiger partial charge in [-0.1, -0.05) is 70.7 Å². The summed E-state index contributed by atoms with van der Waals surface area (Å²) in [4.78, 5) is 58.2. The Labute approximate surface area is 282 Å². The first-order valence-corrected chi connectivity index (χ1v) is 17.3. The summed E-state index contributed by atoms with van der Waals surface area (Å²) in [5, 5.41) is 12.6. The third-order valence-corrected chi connectivity index (χ3v) is 9.07. The van der Waals surface area contributed by atoms with Crippen molar-refractivity contribution in [3.05, 3.63) is 110 Å². The molecule has 0 radical (unpaired) electrons. The van der Waals surface area contributed by atoms with E-state index in [1.54, 1.807) is 24.3 Å². The third kappa shape index (κ3) is 8.42. The molecule has 1 saturated carbocycles. The number of nitrogens with zero attached hydrogens (tertiary/aromatic N) is 2. The number of nitrogens with one attached hydrogen (secondary N) is 1. The van der Waals surface area contributed by atoms with Crippen LogP contribution in [0.4, 0.5) is 5.69 Å². The van der Waals surface area contributed by atoms with E-state index in [0.717, 1.165) is 22.5 Å². The van der Waals surface area contributed by atoms with Gasteiger partial charge >= 0.3 is 19.5 Å². The lowest BCUT2D eigenvalue weighted by Gasteiger charge is -2.39. The number of phosphoric ester groups is 1. The lowest BCUT2D eigenvalue weighted by Crippen LogP contribution is -2.53. The van der Waals surface area contributed by atoms with E-state index < -0.39 is 55.3 Å². The number of hydroxylamine groups is 1. The maximum atomic E-state index is 14.0. The predicted octanol–water partition coefficient (Wildman–Crippen LogP) is 4.66. The highest BCUT2D eigenvalue weighted by atomic mass is 79.9. The summed E-state index contributed by atoms with van der Waals surface area (Å²) in [5.41, 5.74) is -1.65. The average molecular weight is 757 g/mol. The maximum absolute atomic E-state index is 14.0. The molecule has 2 aliphatic rings. The molecule has 1 unspecified atom stereocenters. The van der Waals surface area contributed by atoms with Crippen LogP contribution in [0.25, 0.3) is 0 Å². The van der Waals surface area contributed by atoms with E-state index in [2.05, 4.69) is 20.9 Å². The Morgan fingerprint density at radius 3 is 2.53 bits per heavy atom. The van der Waals surface area contributed by atoms with Gasteiger partial charge in [0.25, 0.3) is 5.56 Å². The van der Waals surface area contributed by atoms with Crippen LogP contribution in [0, 0.1) is 0 Å². The first-order valence-electron chi connectivity index (χ1n) is 14.5. The number of hydrogen-bond acceptors (Lipinski definition) is 11. The van der Waals surface area contributed by atoms with Crippen LogP contribution < -0.4 is 16.3 Å². The van der Waals surface area contributed by atoms with Gasteiger partial charge in [0.05, 0.1) is 24.7 Å². The lowest BCUT2D eigenvalue weighted by molar-refractivity contribution is -0.170. The van der Waals surface area contributed by atoms with Crippen LogP contribution >= 0.6 is 35.4 Å². The van der Waals surface area contributed by atoms with Crippen LogP contribution in [-0.4, -0.2) is 49.6 Å². The number of aromatic amines is 1. The van der Waals surface area contributed by atoms with Gasteiger partial charge in [-0.2, -0.15) is 0 Å². The fraction of sp³-hybridized carbons (Fsp3) is 0.367. The Morgan fingerprint density at radius 2 is 1.87 bits per heavy atom.